The van der Waals surface area contributed by atoms with Crippen LogP contribution in [0.1, 0.15) is 16.8 Å². The first-order valence-corrected chi connectivity index (χ1v) is 5.17. The number of halogens is 1. The van der Waals surface area contributed by atoms with Gasteiger partial charge in [-0.3, -0.25) is 0 Å². The lowest BCUT2D eigenvalue weighted by molar-refractivity contribution is 0.726. The van der Waals surface area contributed by atoms with Gasteiger partial charge in [0.15, 0.2) is 0 Å². The average molecular weight is 249 g/mol. The van der Waals surface area contributed by atoms with E-state index in [1.165, 1.54) is 0 Å². The summed E-state index contributed by atoms with van der Waals surface area (Å²) >= 11 is 3.47. The lowest BCUT2D eigenvalue weighted by Crippen LogP contribution is -1.98. The molecule has 0 aliphatic carbocycles. The predicted octanol–water partition coefficient (Wildman–Crippen LogP) is 3.18. The highest BCUT2D eigenvalue weighted by Crippen LogP contribution is 2.29. The van der Waals surface area contributed by atoms with Gasteiger partial charge >= 0.3 is 0 Å². The molecule has 0 aliphatic heterocycles. The molecule has 14 heavy (non-hydrogen) atoms. The third-order valence-electron chi connectivity index (χ3n) is 1.92. The molecule has 0 saturated carbocycles. The van der Waals surface area contributed by atoms with Gasteiger partial charge in [-0.05, 0) is 12.0 Å². The summed E-state index contributed by atoms with van der Waals surface area (Å²) in [5, 5.41) is 17.3. The van der Waals surface area contributed by atoms with E-state index in [-0.39, 0.29) is 4.83 Å². The van der Waals surface area contributed by atoms with E-state index in [0.29, 0.717) is 6.42 Å². The first-order valence-electron chi connectivity index (χ1n) is 4.26. The second-order valence-corrected chi connectivity index (χ2v) is 4.03. The van der Waals surface area contributed by atoms with Crippen molar-refractivity contribution in [2.45, 2.75) is 11.2 Å². The molecular formula is C11H9BrN2. The number of rotatable bonds is 3. The summed E-state index contributed by atoms with van der Waals surface area (Å²) in [7, 11) is 0. The van der Waals surface area contributed by atoms with Crippen LogP contribution < -0.4 is 0 Å². The van der Waals surface area contributed by atoms with Crippen LogP contribution in [0, 0.1) is 28.6 Å². The van der Waals surface area contributed by atoms with Crippen LogP contribution in [0.2, 0.25) is 0 Å². The highest BCUT2D eigenvalue weighted by atomic mass is 79.9. The van der Waals surface area contributed by atoms with E-state index in [9.17, 15) is 0 Å². The van der Waals surface area contributed by atoms with Gasteiger partial charge in [0.25, 0.3) is 0 Å². The molecular weight excluding hydrogens is 240 g/mol. The number of nitrogens with zero attached hydrogens (tertiary/aromatic N) is 2. The molecule has 0 radical (unpaired) electrons. The molecule has 3 heteroatoms. The Morgan fingerprint density at radius 2 is 1.71 bits per heavy atom. The largest absolute Gasteiger partial charge is 0.197 e. The topological polar surface area (TPSA) is 47.6 Å². The summed E-state index contributed by atoms with van der Waals surface area (Å²) in [6.07, 6.45) is 0.525. The minimum absolute atomic E-state index is 0.0769. The van der Waals surface area contributed by atoms with Crippen molar-refractivity contribution in [3.63, 3.8) is 0 Å². The monoisotopic (exact) mass is 248 g/mol. The number of benzene rings is 1. The zero-order valence-electron chi connectivity index (χ0n) is 7.52. The molecule has 0 N–H and O–H groups in total. The number of alkyl halides is 1. The number of nitriles is 2. The summed E-state index contributed by atoms with van der Waals surface area (Å²) in [5.74, 6) is -0.542. The summed E-state index contributed by atoms with van der Waals surface area (Å²) in [4.78, 5) is 0.0769. The average Bonchev–Trinajstić information content (AvgIpc) is 2.26. The molecule has 0 saturated heterocycles. The minimum Gasteiger partial charge on any atom is -0.197 e. The normalized spacial score (nSPS) is 11.7. The molecule has 1 atom stereocenters. The molecule has 1 unspecified atom stereocenters. The van der Waals surface area contributed by atoms with Crippen molar-refractivity contribution < 1.29 is 0 Å². The Bertz CT molecular complexity index is 347. The highest BCUT2D eigenvalue weighted by Gasteiger charge is 2.14. The fourth-order valence-corrected chi connectivity index (χ4v) is 1.82. The molecule has 0 amide bonds. The van der Waals surface area contributed by atoms with Crippen molar-refractivity contribution in [3.05, 3.63) is 35.9 Å². The SMILES string of the molecule is N#CC(C#N)CC(Br)c1ccccc1. The predicted molar refractivity (Wildman–Crippen MR) is 57.4 cm³/mol. The smallest absolute Gasteiger partial charge is 0.134 e. The van der Waals surface area contributed by atoms with Gasteiger partial charge in [0, 0.05) is 4.83 Å². The maximum Gasteiger partial charge on any atom is 0.134 e. The van der Waals surface area contributed by atoms with Gasteiger partial charge in [0.2, 0.25) is 0 Å². The van der Waals surface area contributed by atoms with Crippen LogP contribution in [0.5, 0.6) is 0 Å². The fraction of sp³-hybridized carbons (Fsp3) is 0.273. The fourth-order valence-electron chi connectivity index (χ4n) is 1.14. The third kappa shape index (κ3) is 2.87. The van der Waals surface area contributed by atoms with E-state index < -0.39 is 5.92 Å². The van der Waals surface area contributed by atoms with E-state index in [1.807, 2.05) is 42.5 Å². The third-order valence-corrected chi connectivity index (χ3v) is 2.82. The zero-order chi connectivity index (χ0) is 10.4. The van der Waals surface area contributed by atoms with Crippen molar-refractivity contribution in [2.24, 2.45) is 5.92 Å². The zero-order valence-corrected chi connectivity index (χ0v) is 9.11. The van der Waals surface area contributed by atoms with Crippen LogP contribution in [-0.4, -0.2) is 0 Å². The van der Waals surface area contributed by atoms with E-state index in [1.54, 1.807) is 0 Å². The lowest BCUT2D eigenvalue weighted by Gasteiger charge is -2.09. The van der Waals surface area contributed by atoms with Gasteiger partial charge in [-0.1, -0.05) is 46.3 Å². The molecule has 2 nitrogen and oxygen atoms in total. The standard InChI is InChI=1S/C11H9BrN2/c12-11(6-9(7-13)8-14)10-4-2-1-3-5-10/h1-5,9,11H,6H2. The molecule has 0 bridgehead atoms. The van der Waals surface area contributed by atoms with E-state index in [0.717, 1.165) is 5.56 Å². The first kappa shape index (κ1) is 10.8. The first-order chi connectivity index (χ1) is 6.77. The molecule has 0 aromatic heterocycles. The second-order valence-electron chi connectivity index (χ2n) is 2.92. The lowest BCUT2D eigenvalue weighted by atomic mass is 10.0. The van der Waals surface area contributed by atoms with Crippen LogP contribution in [0.3, 0.4) is 0 Å². The van der Waals surface area contributed by atoms with Crippen LogP contribution in [-0.2, 0) is 0 Å². The van der Waals surface area contributed by atoms with Crippen molar-refractivity contribution in [1.82, 2.24) is 0 Å². The maximum absolute atomic E-state index is 8.63. The maximum atomic E-state index is 8.63. The Kier molecular flexibility index (Phi) is 4.16. The minimum atomic E-state index is -0.542. The summed E-state index contributed by atoms with van der Waals surface area (Å²) in [6.45, 7) is 0. The molecule has 0 heterocycles. The van der Waals surface area contributed by atoms with Crippen molar-refractivity contribution in [2.75, 3.05) is 0 Å². The van der Waals surface area contributed by atoms with Gasteiger partial charge in [0.1, 0.15) is 5.92 Å². The molecule has 1 rings (SSSR count). The van der Waals surface area contributed by atoms with Gasteiger partial charge in [0.05, 0.1) is 12.1 Å². The quantitative estimate of drug-likeness (QED) is 0.772. The Morgan fingerprint density at radius 3 is 2.21 bits per heavy atom. The molecule has 0 spiro atoms. The van der Waals surface area contributed by atoms with Crippen LogP contribution in [0.4, 0.5) is 0 Å². The van der Waals surface area contributed by atoms with Gasteiger partial charge < -0.3 is 0 Å². The Labute approximate surface area is 91.9 Å². The van der Waals surface area contributed by atoms with Crippen LogP contribution in [0.15, 0.2) is 30.3 Å². The summed E-state index contributed by atoms with van der Waals surface area (Å²) in [6, 6.07) is 13.7. The van der Waals surface area contributed by atoms with Crippen molar-refractivity contribution in [1.29, 1.82) is 10.5 Å². The Hall–Kier alpha value is -1.32. The molecule has 0 aliphatic rings. The molecule has 1 aromatic carbocycles. The second kappa shape index (κ2) is 5.42. The molecule has 70 valence electrons. The Balaban J connectivity index is 2.65. The summed E-state index contributed by atoms with van der Waals surface area (Å²) < 4.78 is 0. The Morgan fingerprint density at radius 1 is 1.14 bits per heavy atom. The van der Waals surface area contributed by atoms with E-state index in [2.05, 4.69) is 15.9 Å². The molecule has 0 fully saturated rings. The van der Waals surface area contributed by atoms with Gasteiger partial charge in [-0.15, -0.1) is 0 Å². The van der Waals surface area contributed by atoms with Gasteiger partial charge in [-0.25, -0.2) is 0 Å². The molecule has 1 aromatic rings. The van der Waals surface area contributed by atoms with Gasteiger partial charge in [-0.2, -0.15) is 10.5 Å². The van der Waals surface area contributed by atoms with Crippen molar-refractivity contribution >= 4 is 15.9 Å². The number of hydrogen-bond donors (Lipinski definition) is 0. The number of hydrogen-bond acceptors (Lipinski definition) is 2. The van der Waals surface area contributed by atoms with Crippen LogP contribution in [0.25, 0.3) is 0 Å². The van der Waals surface area contributed by atoms with E-state index in [4.69, 9.17) is 10.5 Å². The van der Waals surface area contributed by atoms with Crippen LogP contribution >= 0.6 is 15.9 Å². The summed E-state index contributed by atoms with van der Waals surface area (Å²) in [5.41, 5.74) is 1.10. The van der Waals surface area contributed by atoms with Crippen molar-refractivity contribution in [3.8, 4) is 12.1 Å². The van der Waals surface area contributed by atoms with E-state index >= 15 is 0 Å². The highest BCUT2D eigenvalue weighted by molar-refractivity contribution is 9.09.